The predicted molar refractivity (Wildman–Crippen MR) is 56.3 cm³/mol. The van der Waals surface area contributed by atoms with Crippen LogP contribution in [0.4, 0.5) is 0 Å². The zero-order valence-electron chi connectivity index (χ0n) is 7.17. The molecule has 10 heavy (non-hydrogen) atoms. The quantitative estimate of drug-likeness (QED) is 0.636. The zero-order valence-corrected chi connectivity index (χ0v) is 14.4. The monoisotopic (exact) mass is 398 g/mol. The Labute approximate surface area is 79.8 Å². The third kappa shape index (κ3) is 10.2. The third-order valence-corrected chi connectivity index (χ3v) is 16.1. The molecule has 0 rings (SSSR count). The van der Waals surface area contributed by atoms with Crippen molar-refractivity contribution in [3.05, 3.63) is 0 Å². The van der Waals surface area contributed by atoms with E-state index in [1.165, 1.54) is 8.87 Å². The Balaban J connectivity index is 3.56. The summed E-state index contributed by atoms with van der Waals surface area (Å²) in [7, 11) is 12.4. The second-order valence-corrected chi connectivity index (χ2v) is 40.1. The Morgan fingerprint density at radius 2 is 1.00 bits per heavy atom. The van der Waals surface area contributed by atoms with Crippen molar-refractivity contribution in [2.45, 2.75) is 28.6 Å². The van der Waals surface area contributed by atoms with Gasteiger partial charge in [-0.1, -0.05) is 0 Å². The summed E-state index contributed by atoms with van der Waals surface area (Å²) in [6, 6.07) is 0. The van der Waals surface area contributed by atoms with Crippen LogP contribution in [0.15, 0.2) is 0 Å². The van der Waals surface area contributed by atoms with Crippen LogP contribution in [-0.2, 0) is 0 Å². The maximum absolute atomic E-state index is 6.22. The molecule has 0 aliphatic rings. The van der Waals surface area contributed by atoms with Crippen molar-refractivity contribution in [1.82, 2.24) is 0 Å². The van der Waals surface area contributed by atoms with Gasteiger partial charge in [-0.05, 0) is 0 Å². The van der Waals surface area contributed by atoms with Crippen molar-refractivity contribution in [2.75, 3.05) is 0 Å². The number of hydrogen-bond donors (Lipinski definition) is 0. The van der Waals surface area contributed by atoms with Gasteiger partial charge >= 0.3 is 81.0 Å². The van der Waals surface area contributed by atoms with Crippen LogP contribution in [0.25, 0.3) is 0 Å². The van der Waals surface area contributed by atoms with E-state index in [0.29, 0.717) is 0 Å². The second-order valence-electron chi connectivity index (χ2n) is 3.94. The van der Waals surface area contributed by atoms with Crippen LogP contribution in [0.1, 0.15) is 0 Å². The van der Waals surface area contributed by atoms with Crippen molar-refractivity contribution in [3.8, 4) is 0 Å². The van der Waals surface area contributed by atoms with Crippen molar-refractivity contribution >= 4 is 52.3 Å². The van der Waals surface area contributed by atoms with Crippen molar-refractivity contribution in [3.63, 3.8) is 0 Å². The molecule has 0 bridgehead atoms. The molecule has 0 nitrogen and oxygen atoms in total. The van der Waals surface area contributed by atoms with Gasteiger partial charge in [0.25, 0.3) is 0 Å². The van der Waals surface area contributed by atoms with E-state index in [0.717, 1.165) is 0 Å². The first-order valence-corrected chi connectivity index (χ1v) is 26.3. The van der Waals surface area contributed by atoms with Crippen LogP contribution in [0.3, 0.4) is 0 Å². The molecule has 0 atom stereocenters. The molecule has 0 saturated carbocycles. The molecule has 0 amide bonds. The molecular formula is C6H16Cl2Sn2. The molecule has 0 saturated heterocycles. The van der Waals surface area contributed by atoms with E-state index >= 15 is 0 Å². The molecule has 0 fully saturated rings. The molecule has 0 radical (unpaired) electrons. The average Bonchev–Trinajstić information content (AvgIpc) is 1.57. The summed E-state index contributed by atoms with van der Waals surface area (Å²) in [6.45, 7) is 0. The van der Waals surface area contributed by atoms with Crippen LogP contribution in [0, 0.1) is 0 Å². The van der Waals surface area contributed by atoms with Gasteiger partial charge in [-0.15, -0.1) is 0 Å². The van der Waals surface area contributed by atoms with Gasteiger partial charge < -0.3 is 0 Å². The molecule has 4 heteroatoms. The second kappa shape index (κ2) is 4.42. The summed E-state index contributed by atoms with van der Waals surface area (Å²) in [4.78, 5) is 9.02. The predicted octanol–water partition coefficient (Wildman–Crippen LogP) is 3.87. The summed E-state index contributed by atoms with van der Waals surface area (Å²) in [6.07, 6.45) is 0. The van der Waals surface area contributed by atoms with Crippen LogP contribution >= 0.6 is 17.8 Å². The van der Waals surface area contributed by atoms with Crippen LogP contribution in [-0.4, -0.2) is 34.5 Å². The van der Waals surface area contributed by atoms with Crippen LogP contribution in [0.2, 0.25) is 28.6 Å². The van der Waals surface area contributed by atoms with E-state index in [2.05, 4.69) is 19.8 Å². The van der Waals surface area contributed by atoms with Gasteiger partial charge in [-0.3, -0.25) is 0 Å². The summed E-state index contributed by atoms with van der Waals surface area (Å²) >= 11 is -3.96. The van der Waals surface area contributed by atoms with E-state index in [-0.39, 0.29) is 0 Å². The van der Waals surface area contributed by atoms with E-state index in [9.17, 15) is 0 Å². The van der Waals surface area contributed by atoms with Crippen LogP contribution < -0.4 is 0 Å². The molecule has 0 aromatic carbocycles. The molecule has 0 heterocycles. The van der Waals surface area contributed by atoms with Crippen LogP contribution in [0.5, 0.6) is 0 Å². The molecule has 0 unspecified atom stereocenters. The van der Waals surface area contributed by atoms with Crippen molar-refractivity contribution < 1.29 is 0 Å². The molecule has 0 spiro atoms. The SMILES string of the molecule is [CH3][Sn]([CH3])([Cl])[CH2][CH2][Sn]([CH3])([CH3])[Cl]. The Bertz CT molecular complexity index is 87.3. The Hall–Kier alpha value is 2.18. The minimum absolute atomic E-state index is 1.27. The van der Waals surface area contributed by atoms with Gasteiger partial charge in [0.2, 0.25) is 0 Å². The van der Waals surface area contributed by atoms with E-state index in [1.807, 2.05) is 0 Å². The van der Waals surface area contributed by atoms with E-state index < -0.39 is 34.5 Å². The van der Waals surface area contributed by atoms with Gasteiger partial charge in [0, 0.05) is 0 Å². The van der Waals surface area contributed by atoms with E-state index in [1.54, 1.807) is 0 Å². The topological polar surface area (TPSA) is 0 Å². The van der Waals surface area contributed by atoms with Gasteiger partial charge in [0.1, 0.15) is 0 Å². The van der Waals surface area contributed by atoms with Gasteiger partial charge in [-0.25, -0.2) is 0 Å². The molecule has 0 aliphatic heterocycles. The fourth-order valence-electron chi connectivity index (χ4n) is 0.594. The molecule has 0 aromatic heterocycles. The average molecular weight is 397 g/mol. The summed E-state index contributed by atoms with van der Waals surface area (Å²) < 4.78 is 2.53. The van der Waals surface area contributed by atoms with E-state index in [4.69, 9.17) is 17.8 Å². The Morgan fingerprint density at radius 1 is 0.800 bits per heavy atom. The molecule has 0 N–H and O–H groups in total. The van der Waals surface area contributed by atoms with Crippen molar-refractivity contribution in [1.29, 1.82) is 0 Å². The Kier molecular flexibility index (Phi) is 5.39. The van der Waals surface area contributed by atoms with Crippen molar-refractivity contribution in [2.24, 2.45) is 0 Å². The number of rotatable bonds is 3. The first kappa shape index (κ1) is 12.2. The first-order chi connectivity index (χ1) is 4.21. The summed E-state index contributed by atoms with van der Waals surface area (Å²) in [5.74, 6) is 0. The summed E-state index contributed by atoms with van der Waals surface area (Å²) in [5, 5.41) is 0. The molecule has 0 aromatic rings. The first-order valence-electron chi connectivity index (χ1n) is 3.59. The molecule has 0 aliphatic carbocycles. The maximum atomic E-state index is 6.22. The standard InChI is InChI=1S/C2H4.4CH3.2ClH.2Sn/c1-2;;;;;;;;/h1-2H2;4*1H3;2*1H;;/q;;;;;;;2*+1/p-2. The fourth-order valence-corrected chi connectivity index (χ4v) is 35.3. The fraction of sp³-hybridized carbons (Fsp3) is 1.00. The number of halogens is 2. The molecule has 62 valence electrons. The molecular weight excluding hydrogens is 380 g/mol. The minimum atomic E-state index is -1.98. The van der Waals surface area contributed by atoms with Gasteiger partial charge in [-0.2, -0.15) is 0 Å². The number of hydrogen-bond acceptors (Lipinski definition) is 0. The zero-order chi connectivity index (χ0) is 8.41. The summed E-state index contributed by atoms with van der Waals surface area (Å²) in [5.41, 5.74) is 0. The third-order valence-electron chi connectivity index (χ3n) is 1.31. The van der Waals surface area contributed by atoms with Gasteiger partial charge in [0.15, 0.2) is 0 Å². The van der Waals surface area contributed by atoms with Gasteiger partial charge in [0.05, 0.1) is 0 Å². The normalized spacial score (nSPS) is 13.8. The Morgan fingerprint density at radius 3 is 1.10 bits per heavy atom.